The number of hydrogen-bond donors (Lipinski definition) is 1. The number of ether oxygens (including phenoxy) is 1. The van der Waals surface area contributed by atoms with Crippen molar-refractivity contribution in [3.05, 3.63) is 90.1 Å². The fourth-order valence-corrected chi connectivity index (χ4v) is 3.90. The van der Waals surface area contributed by atoms with E-state index < -0.39 is 23.2 Å². The lowest BCUT2D eigenvalue weighted by Crippen LogP contribution is -2.40. The van der Waals surface area contributed by atoms with Crippen molar-refractivity contribution in [2.75, 3.05) is 0 Å². The van der Waals surface area contributed by atoms with Crippen LogP contribution in [0.15, 0.2) is 57.0 Å². The van der Waals surface area contributed by atoms with E-state index in [1.807, 2.05) is 0 Å². The molecule has 2 aromatic carbocycles. The van der Waals surface area contributed by atoms with Gasteiger partial charge >= 0.3 is 17.5 Å². The fourth-order valence-electron chi connectivity index (χ4n) is 3.70. The van der Waals surface area contributed by atoms with E-state index in [4.69, 9.17) is 16.7 Å². The van der Waals surface area contributed by atoms with Gasteiger partial charge in [-0.2, -0.15) is 0 Å². The molecule has 0 aliphatic carbocycles. The third-order valence-corrected chi connectivity index (χ3v) is 5.99. The molecule has 33 heavy (non-hydrogen) atoms. The number of nitrogens with zero attached hydrogens (tertiary/aromatic N) is 4. The molecular formula is C22H19ClN4O6. The summed E-state index contributed by atoms with van der Waals surface area (Å²) in [5.41, 5.74) is 0.957. The summed E-state index contributed by atoms with van der Waals surface area (Å²) in [6.07, 6.45) is -0.661. The molecule has 1 N–H and O–H groups in total. The van der Waals surface area contributed by atoms with E-state index in [-0.39, 0.29) is 12.2 Å². The number of fused-ring (bicyclic) bond motifs is 1. The average Bonchev–Trinajstić information content (AvgIpc) is 2.99. The van der Waals surface area contributed by atoms with Crippen molar-refractivity contribution in [2.24, 2.45) is 14.1 Å². The highest BCUT2D eigenvalue weighted by molar-refractivity contribution is 6.31. The van der Waals surface area contributed by atoms with Gasteiger partial charge in [0.05, 0.1) is 29.5 Å². The van der Waals surface area contributed by atoms with E-state index in [0.29, 0.717) is 32.9 Å². The van der Waals surface area contributed by atoms with Crippen molar-refractivity contribution in [2.45, 2.75) is 13.5 Å². The van der Waals surface area contributed by atoms with Gasteiger partial charge in [0.2, 0.25) is 5.75 Å². The molecule has 2 heterocycles. The van der Waals surface area contributed by atoms with Crippen LogP contribution < -0.4 is 21.7 Å². The first kappa shape index (κ1) is 22.2. The van der Waals surface area contributed by atoms with E-state index >= 15 is 0 Å². The van der Waals surface area contributed by atoms with E-state index in [9.17, 15) is 19.2 Å². The minimum absolute atomic E-state index is 0.146. The topological polar surface area (TPSA) is 117 Å². The molecule has 0 amide bonds. The Labute approximate surface area is 191 Å². The predicted octanol–water partition coefficient (Wildman–Crippen LogP) is 2.26. The molecule has 0 aliphatic heterocycles. The summed E-state index contributed by atoms with van der Waals surface area (Å²) in [5.74, 6) is -0.538. The summed E-state index contributed by atoms with van der Waals surface area (Å²) in [7, 11) is 3.22. The quantitative estimate of drug-likeness (QED) is 0.457. The maximum absolute atomic E-state index is 13.3. The van der Waals surface area contributed by atoms with Crippen LogP contribution in [-0.4, -0.2) is 29.5 Å². The Bertz CT molecular complexity index is 1610. The van der Waals surface area contributed by atoms with Gasteiger partial charge in [0.25, 0.3) is 5.56 Å². The molecule has 4 aromatic rings. The second-order valence-electron chi connectivity index (χ2n) is 7.50. The van der Waals surface area contributed by atoms with E-state index in [0.717, 1.165) is 15.3 Å². The van der Waals surface area contributed by atoms with Crippen LogP contribution in [0.4, 0.5) is 4.79 Å². The van der Waals surface area contributed by atoms with Crippen LogP contribution in [0.25, 0.3) is 16.7 Å². The Balaban J connectivity index is 1.97. The van der Waals surface area contributed by atoms with Gasteiger partial charge in [-0.05, 0) is 42.3 Å². The van der Waals surface area contributed by atoms with Gasteiger partial charge in [-0.15, -0.1) is 0 Å². The average molecular weight is 471 g/mol. The van der Waals surface area contributed by atoms with E-state index in [1.54, 1.807) is 57.4 Å². The minimum Gasteiger partial charge on any atom is -0.449 e. The van der Waals surface area contributed by atoms with Crippen LogP contribution in [0, 0.1) is 6.92 Å². The SMILES string of the molecule is Cc1c(Cl)cccc1Cn1c(=O)c(OC(=O)O)cn(-c2ccc3c(c2)n(C)c(=O)n3C)c1=O. The molecule has 0 saturated carbocycles. The number of imidazole rings is 1. The monoisotopic (exact) mass is 470 g/mol. The van der Waals surface area contributed by atoms with Gasteiger partial charge in [0, 0.05) is 19.1 Å². The molecule has 4 rings (SSSR count). The van der Waals surface area contributed by atoms with Gasteiger partial charge < -0.3 is 9.84 Å². The van der Waals surface area contributed by atoms with Gasteiger partial charge in [0.1, 0.15) is 0 Å². The molecule has 170 valence electrons. The number of rotatable bonds is 4. The highest BCUT2D eigenvalue weighted by Gasteiger charge is 2.18. The maximum Gasteiger partial charge on any atom is 0.511 e. The molecule has 0 unspecified atom stereocenters. The first-order chi connectivity index (χ1) is 15.6. The van der Waals surface area contributed by atoms with Crippen LogP contribution in [0.5, 0.6) is 5.75 Å². The van der Waals surface area contributed by atoms with E-state index in [1.165, 1.54) is 9.13 Å². The lowest BCUT2D eigenvalue weighted by molar-refractivity contribution is 0.143. The second kappa shape index (κ2) is 8.14. The summed E-state index contributed by atoms with van der Waals surface area (Å²) in [5, 5.41) is 9.55. The predicted molar refractivity (Wildman–Crippen MR) is 122 cm³/mol. The molecule has 0 aliphatic rings. The third kappa shape index (κ3) is 3.74. The van der Waals surface area contributed by atoms with Gasteiger partial charge in [-0.25, -0.2) is 14.4 Å². The molecular weight excluding hydrogens is 452 g/mol. The van der Waals surface area contributed by atoms with Gasteiger partial charge in [-0.1, -0.05) is 23.7 Å². The molecule has 2 aromatic heterocycles. The normalized spacial score (nSPS) is 11.2. The molecule has 0 spiro atoms. The largest absolute Gasteiger partial charge is 0.511 e. The molecule has 0 saturated heterocycles. The van der Waals surface area contributed by atoms with Gasteiger partial charge in [-0.3, -0.25) is 23.1 Å². The Kier molecular flexibility index (Phi) is 5.46. The molecule has 0 atom stereocenters. The molecule has 11 heteroatoms. The molecule has 0 fully saturated rings. The minimum atomic E-state index is -1.69. The van der Waals surface area contributed by atoms with Crippen molar-refractivity contribution < 1.29 is 14.6 Å². The molecule has 10 nitrogen and oxygen atoms in total. The van der Waals surface area contributed by atoms with Crippen LogP contribution in [-0.2, 0) is 20.6 Å². The lowest BCUT2D eigenvalue weighted by atomic mass is 10.1. The zero-order valence-electron chi connectivity index (χ0n) is 17.9. The van der Waals surface area contributed by atoms with Crippen LogP contribution in [0.1, 0.15) is 11.1 Å². The summed E-state index contributed by atoms with van der Waals surface area (Å²) < 4.78 is 9.54. The highest BCUT2D eigenvalue weighted by Crippen LogP contribution is 2.20. The first-order valence-electron chi connectivity index (χ1n) is 9.77. The molecule has 0 radical (unpaired) electrons. The Morgan fingerprint density at radius 2 is 1.73 bits per heavy atom. The van der Waals surface area contributed by atoms with Crippen molar-refractivity contribution in [1.82, 2.24) is 18.3 Å². The number of carbonyl (C=O) groups is 1. The third-order valence-electron chi connectivity index (χ3n) is 5.58. The summed E-state index contributed by atoms with van der Waals surface area (Å²) >= 11 is 6.17. The standard InChI is InChI=1S/C22H19ClN4O6/c1-12-13(5-4-6-15(12)23)10-27-19(28)18(33-22(31)32)11-26(21(27)30)14-7-8-16-17(9-14)25(3)20(29)24(16)2/h4-9,11H,10H2,1-3H3,(H,31,32). The van der Waals surface area contributed by atoms with Crippen LogP contribution >= 0.6 is 11.6 Å². The lowest BCUT2D eigenvalue weighted by Gasteiger charge is -2.14. The van der Waals surface area contributed by atoms with Crippen molar-refractivity contribution in [3.8, 4) is 11.4 Å². The van der Waals surface area contributed by atoms with E-state index in [2.05, 4.69) is 4.74 Å². The Morgan fingerprint density at radius 1 is 1.03 bits per heavy atom. The summed E-state index contributed by atoms with van der Waals surface area (Å²) in [6.45, 7) is 1.61. The Morgan fingerprint density at radius 3 is 2.42 bits per heavy atom. The number of carboxylic acid groups (broad SMARTS) is 1. The second-order valence-corrected chi connectivity index (χ2v) is 7.91. The fraction of sp³-hybridized carbons (Fsp3) is 0.182. The highest BCUT2D eigenvalue weighted by atomic mass is 35.5. The van der Waals surface area contributed by atoms with Crippen molar-refractivity contribution >= 4 is 28.8 Å². The van der Waals surface area contributed by atoms with Crippen LogP contribution in [0.3, 0.4) is 0 Å². The number of aromatic nitrogens is 4. The van der Waals surface area contributed by atoms with Crippen LogP contribution in [0.2, 0.25) is 5.02 Å². The number of benzene rings is 2. The summed E-state index contributed by atoms with van der Waals surface area (Å²) in [4.78, 5) is 49.7. The number of hydrogen-bond acceptors (Lipinski definition) is 5. The smallest absolute Gasteiger partial charge is 0.449 e. The summed E-state index contributed by atoms with van der Waals surface area (Å²) in [6, 6.07) is 9.94. The zero-order valence-corrected chi connectivity index (χ0v) is 18.7. The zero-order chi connectivity index (χ0) is 24.0. The first-order valence-corrected chi connectivity index (χ1v) is 10.1. The Hall–Kier alpha value is -4.05. The van der Waals surface area contributed by atoms with Gasteiger partial charge in [0.15, 0.2) is 0 Å². The maximum atomic E-state index is 13.3. The number of aryl methyl sites for hydroxylation is 2. The van der Waals surface area contributed by atoms with Crippen molar-refractivity contribution in [3.63, 3.8) is 0 Å². The number of halogens is 1. The molecule has 0 bridgehead atoms. The van der Waals surface area contributed by atoms with Crippen molar-refractivity contribution in [1.29, 1.82) is 0 Å².